The van der Waals surface area contributed by atoms with Crippen LogP contribution in [0.15, 0.2) is 60.8 Å². The van der Waals surface area contributed by atoms with Crippen molar-refractivity contribution in [3.8, 4) is 16.9 Å². The van der Waals surface area contributed by atoms with E-state index in [-0.39, 0.29) is 5.02 Å². The van der Waals surface area contributed by atoms with Crippen LogP contribution < -0.4 is 5.32 Å². The molecule has 0 unspecified atom stereocenters. The standard InChI is InChI=1S/C26H23ClFN5O2/c1-4-35-24(34)11-8-18-6-5-7-19(13-18)21-15-29-26(30-20-9-10-23(28)22(27)14-20)31-25(21)33-17(3)12-16(2)32-33/h5-15H,4H2,1-3H3,(H,29,30,31)/b11-8+. The second kappa shape index (κ2) is 10.5. The van der Waals surface area contributed by atoms with Crippen LogP contribution >= 0.6 is 11.6 Å². The minimum absolute atomic E-state index is 0.00178. The highest BCUT2D eigenvalue weighted by Crippen LogP contribution is 2.29. The number of anilines is 2. The van der Waals surface area contributed by atoms with Crippen molar-refractivity contribution in [1.29, 1.82) is 0 Å². The van der Waals surface area contributed by atoms with Crippen LogP contribution in [0.2, 0.25) is 5.02 Å². The molecule has 0 aliphatic carbocycles. The van der Waals surface area contributed by atoms with Crippen molar-refractivity contribution in [3.63, 3.8) is 0 Å². The van der Waals surface area contributed by atoms with Gasteiger partial charge in [0.05, 0.1) is 17.3 Å². The summed E-state index contributed by atoms with van der Waals surface area (Å²) in [5.41, 5.74) is 4.70. The molecule has 0 bridgehead atoms. The van der Waals surface area contributed by atoms with E-state index in [1.165, 1.54) is 18.2 Å². The van der Waals surface area contributed by atoms with E-state index in [1.807, 2.05) is 44.2 Å². The highest BCUT2D eigenvalue weighted by Gasteiger charge is 2.15. The maximum atomic E-state index is 13.5. The normalized spacial score (nSPS) is 11.1. The summed E-state index contributed by atoms with van der Waals surface area (Å²) in [6, 6.07) is 13.9. The van der Waals surface area contributed by atoms with Crippen molar-refractivity contribution >= 4 is 35.3 Å². The fourth-order valence-electron chi connectivity index (χ4n) is 3.51. The van der Waals surface area contributed by atoms with Crippen LogP contribution in [-0.4, -0.2) is 32.3 Å². The highest BCUT2D eigenvalue weighted by molar-refractivity contribution is 6.31. The summed E-state index contributed by atoms with van der Waals surface area (Å²) in [5.74, 6) is -0.0419. The molecule has 35 heavy (non-hydrogen) atoms. The van der Waals surface area contributed by atoms with Crippen molar-refractivity contribution in [2.24, 2.45) is 0 Å². The van der Waals surface area contributed by atoms with E-state index in [1.54, 1.807) is 29.9 Å². The molecule has 7 nitrogen and oxygen atoms in total. The quantitative estimate of drug-likeness (QED) is 0.250. The Hall–Kier alpha value is -4.04. The third-order valence-corrected chi connectivity index (χ3v) is 5.34. The van der Waals surface area contributed by atoms with Crippen LogP contribution in [-0.2, 0) is 9.53 Å². The topological polar surface area (TPSA) is 81.9 Å². The summed E-state index contributed by atoms with van der Waals surface area (Å²) in [5, 5.41) is 7.66. The first-order valence-corrected chi connectivity index (χ1v) is 11.3. The summed E-state index contributed by atoms with van der Waals surface area (Å²) in [6.07, 6.45) is 4.78. The molecule has 2 heterocycles. The van der Waals surface area contributed by atoms with E-state index in [0.717, 1.165) is 28.1 Å². The molecule has 0 aliphatic rings. The second-order valence-corrected chi connectivity index (χ2v) is 8.14. The first-order valence-electron chi connectivity index (χ1n) is 10.9. The Bertz CT molecular complexity index is 1420. The maximum absolute atomic E-state index is 13.5. The van der Waals surface area contributed by atoms with Crippen molar-refractivity contribution < 1.29 is 13.9 Å². The Kier molecular flexibility index (Phi) is 7.22. The zero-order chi connectivity index (χ0) is 24.9. The van der Waals surface area contributed by atoms with E-state index in [2.05, 4.69) is 15.4 Å². The second-order valence-electron chi connectivity index (χ2n) is 7.73. The third-order valence-electron chi connectivity index (χ3n) is 5.05. The van der Waals surface area contributed by atoms with Crippen LogP contribution in [0.25, 0.3) is 23.0 Å². The molecular weight excluding hydrogens is 469 g/mol. The summed E-state index contributed by atoms with van der Waals surface area (Å²) >= 11 is 5.91. The van der Waals surface area contributed by atoms with Crippen molar-refractivity contribution in [2.45, 2.75) is 20.8 Å². The van der Waals surface area contributed by atoms with Gasteiger partial charge in [-0.1, -0.05) is 29.8 Å². The molecule has 0 saturated heterocycles. The molecule has 178 valence electrons. The van der Waals surface area contributed by atoms with Crippen LogP contribution in [0.5, 0.6) is 0 Å². The molecular formula is C26H23ClFN5O2. The lowest BCUT2D eigenvalue weighted by Crippen LogP contribution is -2.08. The summed E-state index contributed by atoms with van der Waals surface area (Å²) in [4.78, 5) is 20.9. The average molecular weight is 492 g/mol. The fraction of sp³-hybridized carbons (Fsp3) is 0.154. The van der Waals surface area contributed by atoms with Gasteiger partial charge in [-0.25, -0.2) is 18.9 Å². The van der Waals surface area contributed by atoms with Gasteiger partial charge < -0.3 is 10.1 Å². The molecule has 0 amide bonds. The fourth-order valence-corrected chi connectivity index (χ4v) is 3.69. The molecule has 0 aliphatic heterocycles. The van der Waals surface area contributed by atoms with Crippen molar-refractivity contribution in [2.75, 3.05) is 11.9 Å². The predicted octanol–water partition coefficient (Wildman–Crippen LogP) is 6.06. The molecule has 1 N–H and O–H groups in total. The Labute approximate surface area is 207 Å². The summed E-state index contributed by atoms with van der Waals surface area (Å²) < 4.78 is 20.2. The number of ether oxygens (including phenoxy) is 1. The minimum atomic E-state index is -0.506. The smallest absolute Gasteiger partial charge is 0.330 e. The van der Waals surface area contributed by atoms with Gasteiger partial charge in [-0.3, -0.25) is 0 Å². The highest BCUT2D eigenvalue weighted by atomic mass is 35.5. The molecule has 2 aromatic heterocycles. The number of benzene rings is 2. The number of hydrogen-bond donors (Lipinski definition) is 1. The first kappa shape index (κ1) is 24.1. The lowest BCUT2D eigenvalue weighted by molar-refractivity contribution is -0.137. The van der Waals surface area contributed by atoms with Gasteiger partial charge in [-0.2, -0.15) is 10.1 Å². The molecule has 4 rings (SSSR count). The SMILES string of the molecule is CCOC(=O)/C=C/c1cccc(-c2cnc(Nc3ccc(F)c(Cl)c3)nc2-n2nc(C)cc2C)c1. The van der Waals surface area contributed by atoms with Gasteiger partial charge in [-0.05, 0) is 68.3 Å². The number of esters is 1. The number of nitrogens with one attached hydrogen (secondary N) is 1. The van der Waals surface area contributed by atoms with Gasteiger partial charge in [0.25, 0.3) is 0 Å². The Morgan fingerprint density at radius 1 is 1.20 bits per heavy atom. The van der Waals surface area contributed by atoms with Crippen molar-refractivity contribution in [3.05, 3.63) is 88.6 Å². The third kappa shape index (κ3) is 5.73. The van der Waals surface area contributed by atoms with Gasteiger partial charge in [0, 0.05) is 29.2 Å². The molecule has 0 saturated carbocycles. The van der Waals surface area contributed by atoms with E-state index in [9.17, 15) is 9.18 Å². The molecule has 0 atom stereocenters. The van der Waals surface area contributed by atoms with Crippen LogP contribution in [0, 0.1) is 19.7 Å². The molecule has 2 aromatic carbocycles. The number of hydrogen-bond acceptors (Lipinski definition) is 6. The van der Waals surface area contributed by atoms with E-state index >= 15 is 0 Å². The summed E-state index contributed by atoms with van der Waals surface area (Å²) in [6.45, 7) is 5.93. The van der Waals surface area contributed by atoms with E-state index in [0.29, 0.717) is 24.1 Å². The number of aromatic nitrogens is 4. The maximum Gasteiger partial charge on any atom is 0.330 e. The number of aryl methyl sites for hydroxylation is 2. The predicted molar refractivity (Wildman–Crippen MR) is 134 cm³/mol. The van der Waals surface area contributed by atoms with Gasteiger partial charge >= 0.3 is 5.97 Å². The van der Waals surface area contributed by atoms with Crippen molar-refractivity contribution in [1.82, 2.24) is 19.7 Å². The number of carbonyl (C=O) groups is 1. The van der Waals surface area contributed by atoms with Crippen LogP contribution in [0.3, 0.4) is 0 Å². The lowest BCUT2D eigenvalue weighted by Gasteiger charge is -2.13. The van der Waals surface area contributed by atoms with Gasteiger partial charge in [-0.15, -0.1) is 0 Å². The Balaban J connectivity index is 1.75. The number of halogens is 2. The molecule has 0 radical (unpaired) electrons. The van der Waals surface area contributed by atoms with Gasteiger partial charge in [0.2, 0.25) is 5.95 Å². The first-order chi connectivity index (χ1) is 16.8. The lowest BCUT2D eigenvalue weighted by atomic mass is 10.0. The molecule has 4 aromatic rings. The van der Waals surface area contributed by atoms with Crippen LogP contribution in [0.1, 0.15) is 23.9 Å². The zero-order valence-electron chi connectivity index (χ0n) is 19.4. The minimum Gasteiger partial charge on any atom is -0.463 e. The number of carbonyl (C=O) groups excluding carboxylic acids is 1. The summed E-state index contributed by atoms with van der Waals surface area (Å²) in [7, 11) is 0. The van der Waals surface area contributed by atoms with Gasteiger partial charge in [0.1, 0.15) is 5.82 Å². The number of rotatable bonds is 7. The molecule has 9 heteroatoms. The monoisotopic (exact) mass is 491 g/mol. The number of nitrogens with zero attached hydrogens (tertiary/aromatic N) is 4. The largest absolute Gasteiger partial charge is 0.463 e. The molecule has 0 fully saturated rings. The van der Waals surface area contributed by atoms with E-state index < -0.39 is 11.8 Å². The van der Waals surface area contributed by atoms with Crippen LogP contribution in [0.4, 0.5) is 16.0 Å². The Morgan fingerprint density at radius 3 is 2.74 bits per heavy atom. The Morgan fingerprint density at radius 2 is 2.03 bits per heavy atom. The van der Waals surface area contributed by atoms with E-state index in [4.69, 9.17) is 21.3 Å². The zero-order valence-corrected chi connectivity index (χ0v) is 20.2. The molecule has 0 spiro atoms. The average Bonchev–Trinajstić information content (AvgIpc) is 3.18. The van der Waals surface area contributed by atoms with Gasteiger partial charge in [0.15, 0.2) is 5.82 Å².